The fourth-order valence-corrected chi connectivity index (χ4v) is 2.35. The first-order valence-electron chi connectivity index (χ1n) is 5.32. The van der Waals surface area contributed by atoms with Gasteiger partial charge in [-0.15, -0.1) is 0 Å². The second-order valence-electron chi connectivity index (χ2n) is 5.31. The van der Waals surface area contributed by atoms with Gasteiger partial charge in [0.25, 0.3) is 0 Å². The highest BCUT2D eigenvalue weighted by atomic mass is 14.9. The van der Waals surface area contributed by atoms with Crippen molar-refractivity contribution in [3.8, 4) is 0 Å². The van der Waals surface area contributed by atoms with Crippen molar-refractivity contribution in [3.63, 3.8) is 0 Å². The van der Waals surface area contributed by atoms with Gasteiger partial charge in [-0.3, -0.25) is 0 Å². The summed E-state index contributed by atoms with van der Waals surface area (Å²) < 4.78 is 0. The van der Waals surface area contributed by atoms with E-state index in [1.165, 1.54) is 28.8 Å². The number of anilines is 1. The van der Waals surface area contributed by atoms with Crippen LogP contribution in [0.1, 0.15) is 30.5 Å². The zero-order chi connectivity index (χ0) is 10.3. The van der Waals surface area contributed by atoms with Gasteiger partial charge in [-0.25, -0.2) is 0 Å². The summed E-state index contributed by atoms with van der Waals surface area (Å²) in [4.78, 5) is 0. The maximum atomic E-state index is 3.55. The van der Waals surface area contributed by atoms with E-state index in [4.69, 9.17) is 0 Å². The Hall–Kier alpha value is -0.980. The van der Waals surface area contributed by atoms with Crippen molar-refractivity contribution in [1.29, 1.82) is 0 Å². The fraction of sp³-hybridized carbons (Fsp3) is 0.538. The molecule has 1 N–H and O–H groups in total. The molecule has 1 aromatic rings. The van der Waals surface area contributed by atoms with E-state index in [2.05, 4.69) is 45.1 Å². The van der Waals surface area contributed by atoms with Crippen LogP contribution in [0.25, 0.3) is 0 Å². The van der Waals surface area contributed by atoms with Gasteiger partial charge >= 0.3 is 0 Å². The summed E-state index contributed by atoms with van der Waals surface area (Å²) in [5.41, 5.74) is 6.01. The lowest BCUT2D eigenvalue weighted by Crippen LogP contribution is -2.31. The average molecular weight is 189 g/mol. The van der Waals surface area contributed by atoms with Crippen molar-refractivity contribution >= 4 is 5.69 Å². The third-order valence-electron chi connectivity index (χ3n) is 2.97. The Morgan fingerprint density at radius 1 is 1.21 bits per heavy atom. The zero-order valence-electron chi connectivity index (χ0n) is 9.57. The second kappa shape index (κ2) is 3.01. The van der Waals surface area contributed by atoms with Crippen molar-refractivity contribution in [2.75, 3.05) is 11.9 Å². The minimum atomic E-state index is 0.396. The minimum absolute atomic E-state index is 0.396. The van der Waals surface area contributed by atoms with E-state index >= 15 is 0 Å². The first-order valence-corrected chi connectivity index (χ1v) is 5.32. The largest absolute Gasteiger partial charge is 0.384 e. The fourth-order valence-electron chi connectivity index (χ4n) is 2.35. The third-order valence-corrected chi connectivity index (χ3v) is 2.97. The Morgan fingerprint density at radius 2 is 1.93 bits per heavy atom. The van der Waals surface area contributed by atoms with Gasteiger partial charge in [-0.05, 0) is 36.8 Å². The second-order valence-corrected chi connectivity index (χ2v) is 5.31. The molecule has 0 spiro atoms. The average Bonchev–Trinajstić information content (AvgIpc) is 2.00. The van der Waals surface area contributed by atoms with Crippen LogP contribution in [0, 0.1) is 19.3 Å². The lowest BCUT2D eigenvalue weighted by molar-refractivity contribution is 0.379. The van der Waals surface area contributed by atoms with E-state index in [9.17, 15) is 0 Å². The number of fused-ring (bicyclic) bond motifs is 1. The van der Waals surface area contributed by atoms with Crippen LogP contribution in [0.4, 0.5) is 5.69 Å². The molecule has 0 aromatic heterocycles. The molecule has 1 aliphatic rings. The van der Waals surface area contributed by atoms with Gasteiger partial charge in [0.15, 0.2) is 0 Å². The van der Waals surface area contributed by atoms with Gasteiger partial charge < -0.3 is 5.32 Å². The molecule has 76 valence electrons. The summed E-state index contributed by atoms with van der Waals surface area (Å²) in [5.74, 6) is 0. The predicted octanol–water partition coefficient (Wildman–Crippen LogP) is 3.30. The molecule has 1 aliphatic heterocycles. The summed E-state index contributed by atoms with van der Waals surface area (Å²) in [6.07, 6.45) is 1.19. The topological polar surface area (TPSA) is 12.0 Å². The molecule has 0 radical (unpaired) electrons. The highest BCUT2D eigenvalue weighted by Crippen LogP contribution is 2.34. The Kier molecular flexibility index (Phi) is 2.06. The number of benzene rings is 1. The van der Waals surface area contributed by atoms with E-state index < -0.39 is 0 Å². The first kappa shape index (κ1) is 9.57. The number of hydrogen-bond donors (Lipinski definition) is 1. The Bertz CT molecular complexity index is 364. The Balaban J connectivity index is 2.47. The molecule has 0 fully saturated rings. The molecule has 1 heteroatoms. The van der Waals surface area contributed by atoms with Crippen LogP contribution in [0.3, 0.4) is 0 Å². The van der Waals surface area contributed by atoms with Crippen LogP contribution in [0.15, 0.2) is 12.1 Å². The van der Waals surface area contributed by atoms with Gasteiger partial charge in [0.1, 0.15) is 0 Å². The standard InChI is InChI=1S/C13H19N/c1-9-5-10(2)12-11(6-9)7-13(3,4)8-14-12/h5-6,14H,7-8H2,1-4H3. The lowest BCUT2D eigenvalue weighted by Gasteiger charge is -2.33. The monoisotopic (exact) mass is 189 g/mol. The molecule has 0 amide bonds. The number of aryl methyl sites for hydroxylation is 2. The highest BCUT2D eigenvalue weighted by molar-refractivity contribution is 5.60. The SMILES string of the molecule is Cc1cc(C)c2c(c1)CC(C)(C)CN2. The normalized spacial score (nSPS) is 18.6. The molecular weight excluding hydrogens is 170 g/mol. The molecule has 0 aliphatic carbocycles. The van der Waals surface area contributed by atoms with Crippen LogP contribution in [0.5, 0.6) is 0 Å². The molecule has 2 rings (SSSR count). The third kappa shape index (κ3) is 1.63. The van der Waals surface area contributed by atoms with E-state index in [1.807, 2.05) is 0 Å². The highest BCUT2D eigenvalue weighted by Gasteiger charge is 2.25. The van der Waals surface area contributed by atoms with E-state index in [-0.39, 0.29) is 0 Å². The first-order chi connectivity index (χ1) is 6.48. The number of rotatable bonds is 0. The Morgan fingerprint density at radius 3 is 2.64 bits per heavy atom. The molecule has 0 saturated heterocycles. The van der Waals surface area contributed by atoms with Crippen LogP contribution in [-0.4, -0.2) is 6.54 Å². The van der Waals surface area contributed by atoms with Gasteiger partial charge in [0, 0.05) is 12.2 Å². The number of nitrogens with one attached hydrogen (secondary N) is 1. The smallest absolute Gasteiger partial charge is 0.0403 e. The number of hydrogen-bond acceptors (Lipinski definition) is 1. The molecule has 0 unspecified atom stereocenters. The molecule has 1 heterocycles. The van der Waals surface area contributed by atoms with Crippen molar-refractivity contribution in [2.45, 2.75) is 34.1 Å². The van der Waals surface area contributed by atoms with Crippen molar-refractivity contribution < 1.29 is 0 Å². The van der Waals surface area contributed by atoms with E-state index in [0.29, 0.717) is 5.41 Å². The predicted molar refractivity (Wildman–Crippen MR) is 61.9 cm³/mol. The lowest BCUT2D eigenvalue weighted by atomic mass is 9.81. The summed E-state index contributed by atoms with van der Waals surface area (Å²) in [7, 11) is 0. The molecule has 1 nitrogen and oxygen atoms in total. The van der Waals surface area contributed by atoms with Gasteiger partial charge in [-0.1, -0.05) is 31.5 Å². The van der Waals surface area contributed by atoms with Crippen molar-refractivity contribution in [1.82, 2.24) is 0 Å². The van der Waals surface area contributed by atoms with E-state index in [1.54, 1.807) is 0 Å². The van der Waals surface area contributed by atoms with Crippen molar-refractivity contribution in [2.24, 2.45) is 5.41 Å². The molecule has 0 atom stereocenters. The molecule has 0 saturated carbocycles. The summed E-state index contributed by atoms with van der Waals surface area (Å²) in [6.45, 7) is 10.1. The molecule has 14 heavy (non-hydrogen) atoms. The summed E-state index contributed by atoms with van der Waals surface area (Å²) in [5, 5.41) is 3.55. The van der Waals surface area contributed by atoms with Crippen LogP contribution in [-0.2, 0) is 6.42 Å². The zero-order valence-corrected chi connectivity index (χ0v) is 9.57. The summed E-state index contributed by atoms with van der Waals surface area (Å²) in [6, 6.07) is 4.57. The van der Waals surface area contributed by atoms with Gasteiger partial charge in [0.05, 0.1) is 0 Å². The Labute approximate surface area is 86.5 Å². The van der Waals surface area contributed by atoms with Crippen LogP contribution >= 0.6 is 0 Å². The van der Waals surface area contributed by atoms with Crippen LogP contribution in [0.2, 0.25) is 0 Å². The molecular formula is C13H19N. The van der Waals surface area contributed by atoms with E-state index in [0.717, 1.165) is 6.54 Å². The van der Waals surface area contributed by atoms with Gasteiger partial charge in [0.2, 0.25) is 0 Å². The minimum Gasteiger partial charge on any atom is -0.384 e. The molecule has 0 bridgehead atoms. The van der Waals surface area contributed by atoms with Gasteiger partial charge in [-0.2, -0.15) is 0 Å². The summed E-state index contributed by atoms with van der Waals surface area (Å²) >= 11 is 0. The molecule has 1 aromatic carbocycles. The quantitative estimate of drug-likeness (QED) is 0.660. The van der Waals surface area contributed by atoms with Crippen LogP contribution < -0.4 is 5.32 Å². The maximum absolute atomic E-state index is 3.55. The van der Waals surface area contributed by atoms with Crippen molar-refractivity contribution in [3.05, 3.63) is 28.8 Å². The maximum Gasteiger partial charge on any atom is 0.0403 e.